The lowest BCUT2D eigenvalue weighted by atomic mass is 10.0. The van der Waals surface area contributed by atoms with E-state index in [0.29, 0.717) is 0 Å². The monoisotopic (exact) mass is 309 g/mol. The van der Waals surface area contributed by atoms with Crippen molar-refractivity contribution in [1.82, 2.24) is 5.32 Å². The van der Waals surface area contributed by atoms with Crippen LogP contribution in [0.3, 0.4) is 0 Å². The fourth-order valence-electron chi connectivity index (χ4n) is 1.85. The van der Waals surface area contributed by atoms with Crippen molar-refractivity contribution in [2.75, 3.05) is 7.11 Å². The van der Waals surface area contributed by atoms with E-state index in [1.807, 2.05) is 30.3 Å². The molecule has 1 aromatic carbocycles. The number of aliphatic hydroxyl groups is 1. The minimum absolute atomic E-state index is 0.205. The molecule has 0 aliphatic carbocycles. The molecule has 0 bridgehead atoms. The summed E-state index contributed by atoms with van der Waals surface area (Å²) in [5, 5.41) is 12.6. The van der Waals surface area contributed by atoms with E-state index >= 15 is 0 Å². The van der Waals surface area contributed by atoms with E-state index in [1.54, 1.807) is 20.8 Å². The number of hydrogen-bond donors (Lipinski definition) is 2. The quantitative estimate of drug-likeness (QED) is 0.808. The summed E-state index contributed by atoms with van der Waals surface area (Å²) >= 11 is 0. The van der Waals surface area contributed by atoms with Gasteiger partial charge in [-0.2, -0.15) is 0 Å². The van der Waals surface area contributed by atoms with Gasteiger partial charge >= 0.3 is 12.1 Å². The highest BCUT2D eigenvalue weighted by molar-refractivity contribution is 5.82. The predicted octanol–water partition coefficient (Wildman–Crippen LogP) is 1.66. The second-order valence-electron chi connectivity index (χ2n) is 5.90. The summed E-state index contributed by atoms with van der Waals surface area (Å²) in [6.45, 7) is 5.13. The van der Waals surface area contributed by atoms with Crippen molar-refractivity contribution >= 4 is 12.1 Å². The standard InChI is InChI=1S/C16H23NO5/c1-16(2,3)22-15(20)17-13(14(19)21-4)12(18)10-11-8-6-5-7-9-11/h5-9,12-13,18H,10H2,1-4H3,(H,17,20). The second-order valence-corrected chi connectivity index (χ2v) is 5.90. The topological polar surface area (TPSA) is 84.9 Å². The van der Waals surface area contributed by atoms with Gasteiger partial charge in [0, 0.05) is 6.42 Å². The highest BCUT2D eigenvalue weighted by Gasteiger charge is 2.31. The zero-order valence-corrected chi connectivity index (χ0v) is 13.3. The molecule has 6 nitrogen and oxygen atoms in total. The van der Waals surface area contributed by atoms with Crippen LogP contribution in [0.4, 0.5) is 4.79 Å². The van der Waals surface area contributed by atoms with Crippen LogP contribution >= 0.6 is 0 Å². The summed E-state index contributed by atoms with van der Waals surface area (Å²) in [6.07, 6.45) is -1.70. The molecule has 0 saturated carbocycles. The van der Waals surface area contributed by atoms with E-state index in [2.05, 4.69) is 10.1 Å². The molecule has 6 heteroatoms. The van der Waals surface area contributed by atoms with Gasteiger partial charge in [0.1, 0.15) is 5.60 Å². The molecule has 1 aromatic rings. The molecular formula is C16H23NO5. The van der Waals surface area contributed by atoms with Crippen molar-refractivity contribution in [3.63, 3.8) is 0 Å². The molecule has 2 unspecified atom stereocenters. The average molecular weight is 309 g/mol. The first-order valence-electron chi connectivity index (χ1n) is 7.02. The molecule has 0 radical (unpaired) electrons. The highest BCUT2D eigenvalue weighted by Crippen LogP contribution is 2.10. The second kappa shape index (κ2) is 7.79. The molecule has 2 atom stereocenters. The van der Waals surface area contributed by atoms with Gasteiger partial charge in [-0.1, -0.05) is 30.3 Å². The normalized spacial score (nSPS) is 13.9. The lowest BCUT2D eigenvalue weighted by Gasteiger charge is -2.25. The number of alkyl carbamates (subject to hydrolysis) is 1. The summed E-state index contributed by atoms with van der Waals surface area (Å²) in [6, 6.07) is 7.97. The zero-order chi connectivity index (χ0) is 16.8. The Morgan fingerprint density at radius 2 is 1.82 bits per heavy atom. The number of aliphatic hydroxyl groups excluding tert-OH is 1. The number of carbonyl (C=O) groups is 2. The predicted molar refractivity (Wildman–Crippen MR) is 81.3 cm³/mol. The smallest absolute Gasteiger partial charge is 0.408 e. The summed E-state index contributed by atoms with van der Waals surface area (Å²) in [5.41, 5.74) is 0.143. The lowest BCUT2D eigenvalue weighted by Crippen LogP contribution is -2.51. The van der Waals surface area contributed by atoms with Crippen LogP contribution in [0.5, 0.6) is 0 Å². The van der Waals surface area contributed by atoms with Crippen LogP contribution < -0.4 is 5.32 Å². The number of carbonyl (C=O) groups excluding carboxylic acids is 2. The van der Waals surface area contributed by atoms with Crippen LogP contribution in [0.25, 0.3) is 0 Å². The Kier molecular flexibility index (Phi) is 6.37. The number of esters is 1. The van der Waals surface area contributed by atoms with Crippen LogP contribution in [0.15, 0.2) is 30.3 Å². The summed E-state index contributed by atoms with van der Waals surface area (Å²) < 4.78 is 9.73. The fourth-order valence-corrected chi connectivity index (χ4v) is 1.85. The number of amides is 1. The van der Waals surface area contributed by atoms with Gasteiger partial charge < -0.3 is 19.9 Å². The van der Waals surface area contributed by atoms with Gasteiger partial charge in [-0.25, -0.2) is 9.59 Å². The molecule has 122 valence electrons. The van der Waals surface area contributed by atoms with Gasteiger partial charge in [0.2, 0.25) is 0 Å². The van der Waals surface area contributed by atoms with Crippen molar-refractivity contribution < 1.29 is 24.2 Å². The average Bonchev–Trinajstić information content (AvgIpc) is 2.43. The van der Waals surface area contributed by atoms with Crippen LogP contribution in [0.1, 0.15) is 26.3 Å². The Balaban J connectivity index is 2.75. The Hall–Kier alpha value is -2.08. The largest absolute Gasteiger partial charge is 0.467 e. The maximum atomic E-state index is 11.8. The Morgan fingerprint density at radius 3 is 2.32 bits per heavy atom. The molecule has 0 aliphatic rings. The third-order valence-electron chi connectivity index (χ3n) is 2.80. The zero-order valence-electron chi connectivity index (χ0n) is 13.3. The number of benzene rings is 1. The van der Waals surface area contributed by atoms with E-state index in [9.17, 15) is 14.7 Å². The van der Waals surface area contributed by atoms with E-state index in [4.69, 9.17) is 4.74 Å². The van der Waals surface area contributed by atoms with Crippen LogP contribution in [-0.2, 0) is 20.7 Å². The molecule has 1 rings (SSSR count). The van der Waals surface area contributed by atoms with E-state index < -0.39 is 29.8 Å². The number of nitrogens with one attached hydrogen (secondary N) is 1. The van der Waals surface area contributed by atoms with Crippen molar-refractivity contribution in [1.29, 1.82) is 0 Å². The summed E-state index contributed by atoms with van der Waals surface area (Å²) in [7, 11) is 1.20. The molecule has 1 amide bonds. The first-order chi connectivity index (χ1) is 10.2. The maximum absolute atomic E-state index is 11.8. The van der Waals surface area contributed by atoms with Gasteiger partial charge in [0.15, 0.2) is 6.04 Å². The van der Waals surface area contributed by atoms with E-state index in [0.717, 1.165) is 5.56 Å². The Morgan fingerprint density at radius 1 is 1.23 bits per heavy atom. The number of rotatable bonds is 5. The molecule has 0 saturated heterocycles. The molecule has 0 heterocycles. The number of hydrogen-bond acceptors (Lipinski definition) is 5. The molecule has 2 N–H and O–H groups in total. The third-order valence-corrected chi connectivity index (χ3v) is 2.80. The van der Waals surface area contributed by atoms with Gasteiger partial charge in [0.05, 0.1) is 13.2 Å². The minimum Gasteiger partial charge on any atom is -0.467 e. The van der Waals surface area contributed by atoms with Crippen molar-refractivity contribution in [3.05, 3.63) is 35.9 Å². The molecule has 0 aliphatic heterocycles. The molecule has 22 heavy (non-hydrogen) atoms. The van der Waals surface area contributed by atoms with Crippen molar-refractivity contribution in [2.24, 2.45) is 0 Å². The van der Waals surface area contributed by atoms with E-state index in [1.165, 1.54) is 7.11 Å². The van der Waals surface area contributed by atoms with Crippen LogP contribution in [-0.4, -0.2) is 42.0 Å². The van der Waals surface area contributed by atoms with Gasteiger partial charge in [-0.3, -0.25) is 0 Å². The summed E-state index contributed by atoms with van der Waals surface area (Å²) in [5.74, 6) is -0.728. The van der Waals surface area contributed by atoms with Gasteiger partial charge in [-0.05, 0) is 26.3 Å². The lowest BCUT2D eigenvalue weighted by molar-refractivity contribution is -0.146. The van der Waals surface area contributed by atoms with Crippen molar-refractivity contribution in [2.45, 2.75) is 44.9 Å². The van der Waals surface area contributed by atoms with Gasteiger partial charge in [0.25, 0.3) is 0 Å². The van der Waals surface area contributed by atoms with Crippen LogP contribution in [0.2, 0.25) is 0 Å². The SMILES string of the molecule is COC(=O)C(NC(=O)OC(C)(C)C)C(O)Cc1ccccc1. The number of methoxy groups -OCH3 is 1. The molecule has 0 fully saturated rings. The fraction of sp³-hybridized carbons (Fsp3) is 0.500. The molecular weight excluding hydrogens is 286 g/mol. The van der Waals surface area contributed by atoms with Crippen molar-refractivity contribution in [3.8, 4) is 0 Å². The Bertz CT molecular complexity index is 495. The highest BCUT2D eigenvalue weighted by atomic mass is 16.6. The first kappa shape index (κ1) is 18.0. The third kappa shape index (κ3) is 6.13. The maximum Gasteiger partial charge on any atom is 0.408 e. The molecule has 0 spiro atoms. The van der Waals surface area contributed by atoms with Gasteiger partial charge in [-0.15, -0.1) is 0 Å². The number of ether oxygens (including phenoxy) is 2. The summed E-state index contributed by atoms with van der Waals surface area (Å²) in [4.78, 5) is 23.6. The first-order valence-corrected chi connectivity index (χ1v) is 7.02. The van der Waals surface area contributed by atoms with Crippen LogP contribution in [0, 0.1) is 0 Å². The minimum atomic E-state index is -1.19. The molecule has 0 aromatic heterocycles. The Labute approximate surface area is 130 Å². The van der Waals surface area contributed by atoms with E-state index in [-0.39, 0.29) is 6.42 Å².